The fourth-order valence-corrected chi connectivity index (χ4v) is 1.88. The van der Waals surface area contributed by atoms with Gasteiger partial charge in [-0.3, -0.25) is 5.32 Å². The van der Waals surface area contributed by atoms with E-state index in [4.69, 9.17) is 15.9 Å². The Morgan fingerprint density at radius 3 is 2.83 bits per heavy atom. The Morgan fingerprint density at radius 2 is 2.11 bits per heavy atom. The number of rotatable bonds is 4. The van der Waals surface area contributed by atoms with E-state index < -0.39 is 0 Å². The number of nitrogens with one attached hydrogen (secondary N) is 1. The van der Waals surface area contributed by atoms with Gasteiger partial charge in [-0.1, -0.05) is 18.9 Å². The Hall–Kier alpha value is -1.66. The van der Waals surface area contributed by atoms with E-state index in [0.717, 1.165) is 43.1 Å². The predicted molar refractivity (Wildman–Crippen MR) is 71.8 cm³/mol. The zero-order valence-electron chi connectivity index (χ0n) is 10.7. The second-order valence-corrected chi connectivity index (χ2v) is 4.34. The fraction of sp³-hybridized carbons (Fsp3) is 0.467. The average molecular weight is 245 g/mol. The molecule has 0 radical (unpaired) electrons. The minimum atomic E-state index is 0.126. The third kappa shape index (κ3) is 3.18. The van der Waals surface area contributed by atoms with Crippen LogP contribution in [0.5, 0.6) is 11.5 Å². The van der Waals surface area contributed by atoms with Crippen LogP contribution in [0, 0.1) is 12.3 Å². The van der Waals surface area contributed by atoms with Gasteiger partial charge in [-0.25, -0.2) is 0 Å². The number of hydrogen-bond acceptors (Lipinski definition) is 3. The Labute approximate surface area is 108 Å². The Kier molecular flexibility index (Phi) is 4.49. The van der Waals surface area contributed by atoms with E-state index in [0.29, 0.717) is 6.61 Å². The summed E-state index contributed by atoms with van der Waals surface area (Å²) in [7, 11) is 0. The number of benzene rings is 1. The Morgan fingerprint density at radius 1 is 1.33 bits per heavy atom. The van der Waals surface area contributed by atoms with Crippen LogP contribution in [-0.2, 0) is 6.54 Å². The molecule has 0 bridgehead atoms. The van der Waals surface area contributed by atoms with Crippen LogP contribution in [0.25, 0.3) is 0 Å². The summed E-state index contributed by atoms with van der Waals surface area (Å²) in [5.74, 6) is 4.39. The molecule has 0 amide bonds. The van der Waals surface area contributed by atoms with Gasteiger partial charge >= 0.3 is 0 Å². The van der Waals surface area contributed by atoms with Crippen molar-refractivity contribution >= 4 is 0 Å². The van der Waals surface area contributed by atoms with E-state index in [1.54, 1.807) is 0 Å². The van der Waals surface area contributed by atoms with Crippen molar-refractivity contribution in [1.82, 2.24) is 5.32 Å². The summed E-state index contributed by atoms with van der Waals surface area (Å²) in [4.78, 5) is 0. The van der Waals surface area contributed by atoms with E-state index in [1.165, 1.54) is 0 Å². The van der Waals surface area contributed by atoms with Gasteiger partial charge in [0, 0.05) is 13.0 Å². The molecule has 1 aliphatic heterocycles. The van der Waals surface area contributed by atoms with Gasteiger partial charge in [0.1, 0.15) is 0 Å². The third-order valence-corrected chi connectivity index (χ3v) is 2.97. The summed E-state index contributed by atoms with van der Waals surface area (Å²) >= 11 is 0. The molecular formula is C15H19NO2. The fourth-order valence-electron chi connectivity index (χ4n) is 1.88. The molecule has 1 aromatic rings. The average Bonchev–Trinajstić information content (AvgIpc) is 2.64. The summed E-state index contributed by atoms with van der Waals surface area (Å²) in [5, 5.41) is 3.33. The van der Waals surface area contributed by atoms with Gasteiger partial charge in [0.2, 0.25) is 0 Å². The topological polar surface area (TPSA) is 30.5 Å². The van der Waals surface area contributed by atoms with Crippen LogP contribution in [0.1, 0.15) is 25.3 Å². The van der Waals surface area contributed by atoms with E-state index in [1.807, 2.05) is 18.2 Å². The summed E-state index contributed by atoms with van der Waals surface area (Å²) in [5.41, 5.74) is 1.16. The second-order valence-electron chi connectivity index (χ2n) is 4.34. The van der Waals surface area contributed by atoms with Crippen molar-refractivity contribution in [3.63, 3.8) is 0 Å². The molecule has 1 aromatic carbocycles. The minimum Gasteiger partial charge on any atom is -0.490 e. The molecule has 1 heterocycles. The van der Waals surface area contributed by atoms with Crippen molar-refractivity contribution in [3.05, 3.63) is 23.8 Å². The molecule has 0 aliphatic carbocycles. The highest BCUT2D eigenvalue weighted by atomic mass is 16.5. The lowest BCUT2D eigenvalue weighted by molar-refractivity contribution is 0.297. The lowest BCUT2D eigenvalue weighted by atomic mass is 10.1. The van der Waals surface area contributed by atoms with E-state index >= 15 is 0 Å². The van der Waals surface area contributed by atoms with Gasteiger partial charge in [-0.2, -0.15) is 0 Å². The molecule has 0 saturated carbocycles. The summed E-state index contributed by atoms with van der Waals surface area (Å²) in [6.45, 7) is 4.26. The highest BCUT2D eigenvalue weighted by molar-refractivity contribution is 5.43. The predicted octanol–water partition coefficient (Wildman–Crippen LogP) is 2.35. The quantitative estimate of drug-likeness (QED) is 0.826. The first-order chi connectivity index (χ1) is 8.83. The van der Waals surface area contributed by atoms with Gasteiger partial charge in [-0.05, 0) is 24.1 Å². The molecule has 3 nitrogen and oxygen atoms in total. The summed E-state index contributed by atoms with van der Waals surface area (Å²) in [6, 6.07) is 6.16. The maximum Gasteiger partial charge on any atom is 0.161 e. The van der Waals surface area contributed by atoms with Crippen LogP contribution in [0.4, 0.5) is 0 Å². The van der Waals surface area contributed by atoms with Crippen LogP contribution in [0.3, 0.4) is 0 Å². The van der Waals surface area contributed by atoms with Gasteiger partial charge in [0.25, 0.3) is 0 Å². The molecule has 96 valence electrons. The first-order valence-electron chi connectivity index (χ1n) is 6.41. The normalized spacial score (nSPS) is 15.6. The number of ether oxygens (including phenoxy) is 2. The lowest BCUT2D eigenvalue weighted by Crippen LogP contribution is -2.26. The minimum absolute atomic E-state index is 0.126. The van der Waals surface area contributed by atoms with E-state index in [-0.39, 0.29) is 6.04 Å². The van der Waals surface area contributed by atoms with Crippen molar-refractivity contribution in [3.8, 4) is 23.8 Å². The number of fused-ring (bicyclic) bond motifs is 1. The van der Waals surface area contributed by atoms with E-state index in [2.05, 4.69) is 18.2 Å². The molecule has 1 aliphatic rings. The highest BCUT2D eigenvalue weighted by Crippen LogP contribution is 2.30. The molecule has 0 aromatic heterocycles. The van der Waals surface area contributed by atoms with Crippen LogP contribution in [0.15, 0.2) is 18.2 Å². The maximum atomic E-state index is 5.66. The van der Waals surface area contributed by atoms with Crippen molar-refractivity contribution in [2.75, 3.05) is 13.2 Å². The molecule has 2 rings (SSSR count). The maximum absolute atomic E-state index is 5.66. The third-order valence-electron chi connectivity index (χ3n) is 2.97. The monoisotopic (exact) mass is 245 g/mol. The summed E-state index contributed by atoms with van der Waals surface area (Å²) in [6.07, 6.45) is 7.28. The Bertz CT molecular complexity index is 437. The van der Waals surface area contributed by atoms with Crippen LogP contribution in [0.2, 0.25) is 0 Å². The van der Waals surface area contributed by atoms with Crippen LogP contribution in [-0.4, -0.2) is 19.3 Å². The molecule has 0 saturated heterocycles. The van der Waals surface area contributed by atoms with Crippen molar-refractivity contribution in [2.45, 2.75) is 32.4 Å². The van der Waals surface area contributed by atoms with Crippen molar-refractivity contribution < 1.29 is 9.47 Å². The molecular weight excluding hydrogens is 226 g/mol. The van der Waals surface area contributed by atoms with E-state index in [9.17, 15) is 0 Å². The molecule has 0 fully saturated rings. The highest BCUT2D eigenvalue weighted by Gasteiger charge is 2.10. The largest absolute Gasteiger partial charge is 0.490 e. The van der Waals surface area contributed by atoms with Crippen LogP contribution < -0.4 is 14.8 Å². The number of terminal acetylenes is 1. The standard InChI is InChI=1S/C15H19NO2/c1-3-13(4-2)16-11-12-6-7-14-15(10-12)18-9-5-8-17-14/h1,6-7,10,13,16H,4-5,8-9,11H2,2H3. The SMILES string of the molecule is C#CC(CC)NCc1ccc2c(c1)OCCCO2. The van der Waals surface area contributed by atoms with Crippen LogP contribution >= 0.6 is 0 Å². The molecule has 1 atom stereocenters. The Balaban J connectivity index is 2.02. The molecule has 1 N–H and O–H groups in total. The smallest absolute Gasteiger partial charge is 0.161 e. The molecule has 18 heavy (non-hydrogen) atoms. The summed E-state index contributed by atoms with van der Waals surface area (Å²) < 4.78 is 11.2. The number of hydrogen-bond donors (Lipinski definition) is 1. The first kappa shape index (κ1) is 12.8. The van der Waals surface area contributed by atoms with Crippen molar-refractivity contribution in [1.29, 1.82) is 0 Å². The zero-order valence-corrected chi connectivity index (χ0v) is 10.7. The van der Waals surface area contributed by atoms with Gasteiger partial charge < -0.3 is 9.47 Å². The molecule has 1 unspecified atom stereocenters. The van der Waals surface area contributed by atoms with Gasteiger partial charge in [-0.15, -0.1) is 6.42 Å². The molecule has 3 heteroatoms. The van der Waals surface area contributed by atoms with Gasteiger partial charge in [0.05, 0.1) is 19.3 Å². The van der Waals surface area contributed by atoms with Crippen molar-refractivity contribution in [2.24, 2.45) is 0 Å². The molecule has 0 spiro atoms. The van der Waals surface area contributed by atoms with Gasteiger partial charge in [0.15, 0.2) is 11.5 Å². The zero-order chi connectivity index (χ0) is 12.8. The first-order valence-corrected chi connectivity index (χ1v) is 6.41. The second kappa shape index (κ2) is 6.32. The lowest BCUT2D eigenvalue weighted by Gasteiger charge is -2.12.